The largest absolute Gasteiger partial charge is 0.444 e. The fourth-order valence-corrected chi connectivity index (χ4v) is 4.19. The summed E-state index contributed by atoms with van der Waals surface area (Å²) in [4.78, 5) is 41.3. The van der Waals surface area contributed by atoms with Gasteiger partial charge in [-0.25, -0.2) is 4.79 Å². The number of fused-ring (bicyclic) bond motifs is 1. The quantitative estimate of drug-likeness (QED) is 0.466. The zero-order valence-electron chi connectivity index (χ0n) is 21.2. The number of amides is 3. The van der Waals surface area contributed by atoms with E-state index in [-0.39, 0.29) is 17.9 Å². The second-order valence-corrected chi connectivity index (χ2v) is 10.2. The van der Waals surface area contributed by atoms with Crippen LogP contribution in [0.1, 0.15) is 52.1 Å². The molecule has 2 atom stereocenters. The molecule has 0 radical (unpaired) electrons. The lowest BCUT2D eigenvalue weighted by Crippen LogP contribution is -2.52. The van der Waals surface area contributed by atoms with Crippen LogP contribution in [0.15, 0.2) is 72.8 Å². The van der Waals surface area contributed by atoms with Crippen LogP contribution in [-0.4, -0.2) is 40.5 Å². The molecule has 0 heterocycles. The van der Waals surface area contributed by atoms with E-state index in [0.29, 0.717) is 11.3 Å². The minimum absolute atomic E-state index is 0.0760. The number of nitrogens with one attached hydrogen (secondary N) is 2. The molecule has 2 N–H and O–H groups in total. The van der Waals surface area contributed by atoms with Gasteiger partial charge in [-0.15, -0.1) is 0 Å². The summed E-state index contributed by atoms with van der Waals surface area (Å²) in [6.07, 6.45) is 0.936. The van der Waals surface area contributed by atoms with Gasteiger partial charge in [0.1, 0.15) is 17.7 Å². The summed E-state index contributed by atoms with van der Waals surface area (Å²) in [5.41, 5.74) is 0.679. The van der Waals surface area contributed by atoms with Gasteiger partial charge in [0.05, 0.1) is 0 Å². The molecule has 1 saturated carbocycles. The van der Waals surface area contributed by atoms with Crippen molar-refractivity contribution in [3.8, 4) is 0 Å². The fourth-order valence-electron chi connectivity index (χ4n) is 4.19. The number of ether oxygens (including phenoxy) is 1. The molecule has 7 heteroatoms. The summed E-state index contributed by atoms with van der Waals surface area (Å²) in [6.45, 7) is 6.90. The predicted molar refractivity (Wildman–Crippen MR) is 140 cm³/mol. The number of nitrogens with zero attached hydrogens (tertiary/aromatic N) is 1. The highest BCUT2D eigenvalue weighted by Crippen LogP contribution is 2.36. The van der Waals surface area contributed by atoms with Crippen molar-refractivity contribution in [1.29, 1.82) is 0 Å². The molecular weight excluding hydrogens is 454 g/mol. The lowest BCUT2D eigenvalue weighted by molar-refractivity contribution is -0.141. The molecule has 2 unspecified atom stereocenters. The van der Waals surface area contributed by atoms with Crippen LogP contribution in [0.25, 0.3) is 10.8 Å². The van der Waals surface area contributed by atoms with E-state index in [1.165, 1.54) is 0 Å². The van der Waals surface area contributed by atoms with E-state index in [4.69, 9.17) is 4.74 Å². The third-order valence-electron chi connectivity index (χ3n) is 5.96. The molecule has 1 fully saturated rings. The Labute approximate surface area is 211 Å². The molecule has 4 rings (SSSR count). The summed E-state index contributed by atoms with van der Waals surface area (Å²) in [6, 6.07) is 21.1. The molecule has 0 saturated heterocycles. The molecule has 188 valence electrons. The van der Waals surface area contributed by atoms with Crippen LogP contribution in [0.2, 0.25) is 0 Å². The van der Waals surface area contributed by atoms with Gasteiger partial charge in [-0.1, -0.05) is 60.7 Å². The van der Waals surface area contributed by atoms with Crippen LogP contribution in [0.4, 0.5) is 10.5 Å². The molecule has 1 aliphatic rings. The maximum absolute atomic E-state index is 13.7. The highest BCUT2D eigenvalue weighted by atomic mass is 16.6. The first-order valence-electron chi connectivity index (χ1n) is 12.3. The van der Waals surface area contributed by atoms with E-state index in [1.54, 1.807) is 32.6 Å². The summed E-state index contributed by atoms with van der Waals surface area (Å²) < 4.78 is 5.32. The minimum atomic E-state index is -0.861. The maximum Gasteiger partial charge on any atom is 0.408 e. The predicted octanol–water partition coefficient (Wildman–Crippen LogP) is 5.42. The topological polar surface area (TPSA) is 87.7 Å². The van der Waals surface area contributed by atoms with E-state index >= 15 is 0 Å². The zero-order chi connectivity index (χ0) is 25.9. The molecule has 3 aromatic rings. The van der Waals surface area contributed by atoms with Crippen LogP contribution >= 0.6 is 0 Å². The van der Waals surface area contributed by atoms with Crippen molar-refractivity contribution >= 4 is 34.4 Å². The van der Waals surface area contributed by atoms with Crippen LogP contribution in [0.3, 0.4) is 0 Å². The smallest absolute Gasteiger partial charge is 0.408 e. The summed E-state index contributed by atoms with van der Waals surface area (Å²) in [5.74, 6) is -0.632. The molecule has 0 bridgehead atoms. The number of hydrogen-bond acceptors (Lipinski definition) is 4. The first-order chi connectivity index (χ1) is 17.1. The highest BCUT2D eigenvalue weighted by molar-refractivity contribution is 6.00. The Hall–Kier alpha value is -3.87. The Morgan fingerprint density at radius 3 is 2.19 bits per heavy atom. The molecule has 36 heavy (non-hydrogen) atoms. The van der Waals surface area contributed by atoms with Crippen LogP contribution in [0, 0.1) is 0 Å². The van der Waals surface area contributed by atoms with Crippen molar-refractivity contribution in [1.82, 2.24) is 10.2 Å². The Kier molecular flexibility index (Phi) is 7.29. The fraction of sp³-hybridized carbons (Fsp3) is 0.345. The van der Waals surface area contributed by atoms with Gasteiger partial charge in [0.25, 0.3) is 5.91 Å². The average molecular weight is 488 g/mol. The van der Waals surface area contributed by atoms with E-state index in [0.717, 1.165) is 23.6 Å². The van der Waals surface area contributed by atoms with E-state index in [9.17, 15) is 14.4 Å². The standard InChI is InChI=1S/C29H33N3O4/c1-19(30-28(35)36-29(2,3)4)27(34)32(24-16-17-24)25(21-11-6-5-7-12-21)26(33)31-23-15-14-20-10-8-9-13-22(20)18-23/h5-15,18-19,24-25H,16-17H2,1-4H3,(H,30,35)(H,31,33). The molecule has 1 aliphatic carbocycles. The van der Waals surface area contributed by atoms with Crippen LogP contribution < -0.4 is 10.6 Å². The van der Waals surface area contributed by atoms with Gasteiger partial charge in [-0.2, -0.15) is 0 Å². The van der Waals surface area contributed by atoms with Gasteiger partial charge < -0.3 is 20.3 Å². The average Bonchev–Trinajstić information content (AvgIpc) is 3.66. The van der Waals surface area contributed by atoms with Crippen molar-refractivity contribution in [2.45, 2.75) is 64.3 Å². The van der Waals surface area contributed by atoms with Gasteiger partial charge >= 0.3 is 6.09 Å². The second kappa shape index (κ2) is 10.4. The highest BCUT2D eigenvalue weighted by Gasteiger charge is 2.43. The monoisotopic (exact) mass is 487 g/mol. The molecule has 0 aromatic heterocycles. The first-order valence-corrected chi connectivity index (χ1v) is 12.3. The number of hydrogen-bond donors (Lipinski definition) is 2. The summed E-state index contributed by atoms with van der Waals surface area (Å²) >= 11 is 0. The number of rotatable bonds is 7. The Bertz CT molecular complexity index is 1250. The Morgan fingerprint density at radius 1 is 0.917 bits per heavy atom. The van der Waals surface area contributed by atoms with Crippen molar-refractivity contribution in [2.75, 3.05) is 5.32 Å². The zero-order valence-corrected chi connectivity index (χ0v) is 21.2. The molecule has 0 spiro atoms. The molecule has 3 aromatic carbocycles. The van der Waals surface area contributed by atoms with E-state index in [1.807, 2.05) is 72.8 Å². The summed E-state index contributed by atoms with van der Waals surface area (Å²) in [5, 5.41) is 7.73. The molecule has 7 nitrogen and oxygen atoms in total. The van der Waals surface area contributed by atoms with Gasteiger partial charge in [-0.05, 0) is 69.0 Å². The SMILES string of the molecule is CC(NC(=O)OC(C)(C)C)C(=O)N(C1CC1)C(C(=O)Nc1ccc2ccccc2c1)c1ccccc1. The Balaban J connectivity index is 1.60. The normalized spacial score (nSPS) is 15.0. The number of alkyl carbamates (subject to hydrolysis) is 1. The molecule has 0 aliphatic heterocycles. The Morgan fingerprint density at radius 2 is 1.56 bits per heavy atom. The van der Waals surface area contributed by atoms with Crippen LogP contribution in [0.5, 0.6) is 0 Å². The summed E-state index contributed by atoms with van der Waals surface area (Å²) in [7, 11) is 0. The number of carbonyl (C=O) groups excluding carboxylic acids is 3. The maximum atomic E-state index is 13.7. The number of benzene rings is 3. The lowest BCUT2D eigenvalue weighted by Gasteiger charge is -2.33. The van der Waals surface area contributed by atoms with Gasteiger partial charge in [0.15, 0.2) is 0 Å². The number of carbonyl (C=O) groups is 3. The first kappa shape index (κ1) is 25.2. The van der Waals surface area contributed by atoms with Crippen molar-refractivity contribution in [3.05, 3.63) is 78.4 Å². The lowest BCUT2D eigenvalue weighted by atomic mass is 10.0. The molecular formula is C29H33N3O4. The molecule has 3 amide bonds. The van der Waals surface area contributed by atoms with Crippen molar-refractivity contribution < 1.29 is 19.1 Å². The number of anilines is 1. The second-order valence-electron chi connectivity index (χ2n) is 10.2. The third kappa shape index (κ3) is 6.22. The van der Waals surface area contributed by atoms with Gasteiger partial charge in [0.2, 0.25) is 5.91 Å². The minimum Gasteiger partial charge on any atom is -0.444 e. The van der Waals surface area contributed by atoms with Crippen molar-refractivity contribution in [3.63, 3.8) is 0 Å². The van der Waals surface area contributed by atoms with Gasteiger partial charge in [0, 0.05) is 11.7 Å². The van der Waals surface area contributed by atoms with Crippen molar-refractivity contribution in [2.24, 2.45) is 0 Å². The van der Waals surface area contributed by atoms with E-state index in [2.05, 4.69) is 10.6 Å². The van der Waals surface area contributed by atoms with Gasteiger partial charge in [-0.3, -0.25) is 9.59 Å². The van der Waals surface area contributed by atoms with Crippen LogP contribution in [-0.2, 0) is 14.3 Å². The van der Waals surface area contributed by atoms with E-state index < -0.39 is 23.8 Å². The third-order valence-corrected chi connectivity index (χ3v) is 5.96.